The molecule has 2 N–H and O–H groups in total. The van der Waals surface area contributed by atoms with Crippen LogP contribution < -0.4 is 10.9 Å². The van der Waals surface area contributed by atoms with Gasteiger partial charge in [-0.3, -0.25) is 20.5 Å². The summed E-state index contributed by atoms with van der Waals surface area (Å²) in [6, 6.07) is 14.2. The molecule has 2 heterocycles. The molecule has 6 nitrogen and oxygen atoms in total. The molecular weight excluding hydrogens is 411 g/mol. The van der Waals surface area contributed by atoms with Gasteiger partial charge < -0.3 is 9.32 Å². The van der Waals surface area contributed by atoms with Crippen LogP contribution in [-0.4, -0.2) is 48.9 Å². The number of likely N-dealkylation sites (N-methyl/N-ethyl adjacent to an activating group) is 1. The first-order chi connectivity index (χ1) is 14.0. The van der Waals surface area contributed by atoms with Gasteiger partial charge in [-0.2, -0.15) is 0 Å². The lowest BCUT2D eigenvalue weighted by Crippen LogP contribution is -2.50. The Hall–Kier alpha value is -2.25. The number of fused-ring (bicyclic) bond motifs is 1. The second-order valence-corrected chi connectivity index (χ2v) is 8.07. The monoisotopic (exact) mass is 432 g/mol. The molecule has 1 unspecified atom stereocenters. The summed E-state index contributed by atoms with van der Waals surface area (Å²) in [7, 11) is 2.08. The average Bonchev–Trinajstić information content (AvgIpc) is 3.11. The number of nitrogens with one attached hydrogen (secondary N) is 2. The number of amides is 1. The molecule has 8 heteroatoms. The van der Waals surface area contributed by atoms with E-state index in [2.05, 4.69) is 27.7 Å². The zero-order valence-electron chi connectivity index (χ0n) is 16.0. The molecule has 0 saturated carbocycles. The lowest BCUT2D eigenvalue weighted by Gasteiger charge is -2.36. The molecule has 1 amide bonds. The van der Waals surface area contributed by atoms with E-state index in [1.54, 1.807) is 18.2 Å². The van der Waals surface area contributed by atoms with Crippen molar-refractivity contribution in [2.75, 3.05) is 38.7 Å². The van der Waals surface area contributed by atoms with Crippen LogP contribution in [0.2, 0.25) is 10.0 Å². The molecule has 152 valence electrons. The van der Waals surface area contributed by atoms with Gasteiger partial charge in [-0.05, 0) is 37.4 Å². The van der Waals surface area contributed by atoms with Crippen LogP contribution in [0.1, 0.15) is 11.8 Å². The third-order valence-electron chi connectivity index (χ3n) is 5.06. The molecule has 1 saturated heterocycles. The second-order valence-electron chi connectivity index (χ2n) is 7.20. The number of rotatable bonds is 5. The molecule has 0 aliphatic carbocycles. The number of anilines is 1. The van der Waals surface area contributed by atoms with Crippen LogP contribution in [0, 0.1) is 0 Å². The predicted molar refractivity (Wildman–Crippen MR) is 116 cm³/mol. The quantitative estimate of drug-likeness (QED) is 0.592. The molecule has 1 aromatic heterocycles. The number of nitrogens with zero attached hydrogens (tertiary/aromatic N) is 2. The average molecular weight is 433 g/mol. The summed E-state index contributed by atoms with van der Waals surface area (Å²) >= 11 is 12.1. The Balaban J connectivity index is 1.57. The van der Waals surface area contributed by atoms with Crippen LogP contribution in [-0.2, 0) is 4.79 Å². The van der Waals surface area contributed by atoms with Crippen molar-refractivity contribution in [3.8, 4) is 0 Å². The molecule has 0 bridgehead atoms. The van der Waals surface area contributed by atoms with Gasteiger partial charge in [0.15, 0.2) is 0 Å². The predicted octanol–water partition coefficient (Wildman–Crippen LogP) is 4.17. The topological polar surface area (TPSA) is 60.8 Å². The normalized spacial score (nSPS) is 16.7. The molecule has 1 aliphatic rings. The third kappa shape index (κ3) is 4.67. The number of benzene rings is 2. The molecule has 2 aromatic carbocycles. The van der Waals surface area contributed by atoms with E-state index in [1.165, 1.54) is 0 Å². The highest BCUT2D eigenvalue weighted by Crippen LogP contribution is 2.29. The smallest absolute Gasteiger partial charge is 0.263 e. The zero-order chi connectivity index (χ0) is 20.4. The lowest BCUT2D eigenvalue weighted by molar-refractivity contribution is -0.127. The van der Waals surface area contributed by atoms with E-state index in [-0.39, 0.29) is 5.91 Å². The maximum Gasteiger partial charge on any atom is 0.263 e. The number of para-hydroxylation sites is 1. The Labute approximate surface area is 179 Å². The molecular formula is C21H22Cl2N4O2. The minimum atomic E-state index is -0.543. The van der Waals surface area contributed by atoms with E-state index in [9.17, 15) is 4.79 Å². The highest BCUT2D eigenvalue weighted by atomic mass is 35.5. The van der Waals surface area contributed by atoms with Crippen molar-refractivity contribution < 1.29 is 9.21 Å². The van der Waals surface area contributed by atoms with E-state index in [1.807, 2.05) is 30.3 Å². The van der Waals surface area contributed by atoms with Crippen molar-refractivity contribution in [3.05, 3.63) is 64.3 Å². The molecule has 1 atom stereocenters. The molecule has 4 rings (SSSR count). The van der Waals surface area contributed by atoms with Gasteiger partial charge in [0, 0.05) is 41.6 Å². The SMILES string of the molecule is CN1CCN(C(C(=O)NNc2cc(Cl)cc(Cl)c2)c2cc3ccccc3o2)CC1. The highest BCUT2D eigenvalue weighted by molar-refractivity contribution is 6.35. The Morgan fingerprint density at radius 3 is 2.41 bits per heavy atom. The Morgan fingerprint density at radius 2 is 1.72 bits per heavy atom. The molecule has 29 heavy (non-hydrogen) atoms. The minimum absolute atomic E-state index is 0.204. The van der Waals surface area contributed by atoms with Gasteiger partial charge in [-0.15, -0.1) is 0 Å². The maximum atomic E-state index is 13.2. The van der Waals surface area contributed by atoms with Crippen molar-refractivity contribution >= 4 is 45.8 Å². The van der Waals surface area contributed by atoms with Crippen molar-refractivity contribution in [2.45, 2.75) is 6.04 Å². The van der Waals surface area contributed by atoms with Gasteiger partial charge in [0.05, 0.1) is 5.69 Å². The summed E-state index contributed by atoms with van der Waals surface area (Å²) in [5.41, 5.74) is 7.07. The van der Waals surface area contributed by atoms with Crippen molar-refractivity contribution in [3.63, 3.8) is 0 Å². The number of hydrogen-bond donors (Lipinski definition) is 2. The first-order valence-corrected chi connectivity index (χ1v) is 10.2. The number of carbonyl (C=O) groups excluding carboxylic acids is 1. The van der Waals surface area contributed by atoms with Crippen LogP contribution >= 0.6 is 23.2 Å². The second kappa shape index (κ2) is 8.63. The number of hydrazine groups is 1. The minimum Gasteiger partial charge on any atom is -0.459 e. The first-order valence-electron chi connectivity index (χ1n) is 9.42. The van der Waals surface area contributed by atoms with Crippen molar-refractivity contribution in [2.24, 2.45) is 0 Å². The van der Waals surface area contributed by atoms with Gasteiger partial charge >= 0.3 is 0 Å². The summed E-state index contributed by atoms with van der Waals surface area (Å²) in [4.78, 5) is 17.6. The van der Waals surface area contributed by atoms with Crippen LogP contribution in [0.4, 0.5) is 5.69 Å². The third-order valence-corrected chi connectivity index (χ3v) is 5.49. The summed E-state index contributed by atoms with van der Waals surface area (Å²) in [6.07, 6.45) is 0. The molecule has 0 radical (unpaired) electrons. The van der Waals surface area contributed by atoms with Crippen molar-refractivity contribution in [1.82, 2.24) is 15.2 Å². The van der Waals surface area contributed by atoms with Crippen molar-refractivity contribution in [1.29, 1.82) is 0 Å². The summed E-state index contributed by atoms with van der Waals surface area (Å²) in [5.74, 6) is 0.420. The zero-order valence-corrected chi connectivity index (χ0v) is 17.5. The first kappa shape index (κ1) is 20.0. The lowest BCUT2D eigenvalue weighted by atomic mass is 10.1. The molecule has 1 fully saturated rings. The van der Waals surface area contributed by atoms with E-state index in [0.29, 0.717) is 21.5 Å². The van der Waals surface area contributed by atoms with Crippen LogP contribution in [0.15, 0.2) is 52.9 Å². The number of hydrogen-bond acceptors (Lipinski definition) is 5. The highest BCUT2D eigenvalue weighted by Gasteiger charge is 2.32. The Bertz CT molecular complexity index is 962. The summed E-state index contributed by atoms with van der Waals surface area (Å²) in [6.45, 7) is 3.33. The molecule has 3 aromatic rings. The van der Waals surface area contributed by atoms with Gasteiger partial charge in [0.25, 0.3) is 5.91 Å². The van der Waals surface area contributed by atoms with E-state index < -0.39 is 6.04 Å². The van der Waals surface area contributed by atoms with E-state index >= 15 is 0 Å². The van der Waals surface area contributed by atoms with Gasteiger partial charge in [-0.25, -0.2) is 0 Å². The van der Waals surface area contributed by atoms with Gasteiger partial charge in [-0.1, -0.05) is 41.4 Å². The molecule has 0 spiro atoms. The number of halogens is 2. The Kier molecular flexibility index (Phi) is 5.96. The van der Waals surface area contributed by atoms with E-state index in [4.69, 9.17) is 27.6 Å². The number of carbonyl (C=O) groups is 1. The Morgan fingerprint density at radius 1 is 1.03 bits per heavy atom. The maximum absolute atomic E-state index is 13.2. The van der Waals surface area contributed by atoms with Crippen LogP contribution in [0.5, 0.6) is 0 Å². The largest absolute Gasteiger partial charge is 0.459 e. The number of furan rings is 1. The van der Waals surface area contributed by atoms with E-state index in [0.717, 1.165) is 37.1 Å². The van der Waals surface area contributed by atoms with Gasteiger partial charge in [0.1, 0.15) is 17.4 Å². The summed E-state index contributed by atoms with van der Waals surface area (Å²) in [5, 5.41) is 1.95. The van der Waals surface area contributed by atoms with Crippen LogP contribution in [0.25, 0.3) is 11.0 Å². The van der Waals surface area contributed by atoms with Gasteiger partial charge in [0.2, 0.25) is 0 Å². The summed E-state index contributed by atoms with van der Waals surface area (Å²) < 4.78 is 6.04. The fourth-order valence-electron chi connectivity index (χ4n) is 3.52. The van der Waals surface area contributed by atoms with Crippen LogP contribution in [0.3, 0.4) is 0 Å². The fraction of sp³-hybridized carbons (Fsp3) is 0.286. The fourth-order valence-corrected chi connectivity index (χ4v) is 4.05. The number of piperazine rings is 1. The standard InChI is InChI=1S/C21H22Cl2N4O2/c1-26-6-8-27(9-7-26)20(19-10-14-4-2-3-5-18(14)29-19)21(28)25-24-17-12-15(22)11-16(23)13-17/h2-5,10-13,20,24H,6-9H2,1H3,(H,25,28). The molecule has 1 aliphatic heterocycles.